The van der Waals surface area contributed by atoms with Crippen LogP contribution in [0.1, 0.15) is 34.1 Å². The average Bonchev–Trinajstić information content (AvgIpc) is 2.97. The molecule has 1 aromatic carbocycles. The Morgan fingerprint density at radius 2 is 2.09 bits per heavy atom. The Morgan fingerprint density at radius 1 is 1.26 bits per heavy atom. The topological polar surface area (TPSA) is 62.3 Å². The van der Waals surface area contributed by atoms with Gasteiger partial charge in [0.2, 0.25) is 5.91 Å². The first-order valence-corrected chi connectivity index (χ1v) is 7.65. The summed E-state index contributed by atoms with van der Waals surface area (Å²) in [7, 11) is 0. The van der Waals surface area contributed by atoms with E-state index in [0.29, 0.717) is 18.7 Å². The molecule has 0 unspecified atom stereocenters. The maximum absolute atomic E-state index is 12.3. The number of benzene rings is 1. The minimum Gasteiger partial charge on any atom is -0.346 e. The monoisotopic (exact) mass is 309 g/mol. The van der Waals surface area contributed by atoms with E-state index >= 15 is 0 Å². The van der Waals surface area contributed by atoms with Gasteiger partial charge in [-0.25, -0.2) is 0 Å². The van der Waals surface area contributed by atoms with Crippen molar-refractivity contribution in [3.05, 3.63) is 58.9 Å². The molecular formula is C18H19N3O2. The SMILES string of the molecule is CC(=O)N1CCc2cc(C(=O)NCc3ccc(C)cn3)ccc21. The molecular weight excluding hydrogens is 290 g/mol. The molecule has 5 heteroatoms. The van der Waals surface area contributed by atoms with Crippen LogP contribution in [0.4, 0.5) is 5.69 Å². The predicted octanol–water partition coefficient (Wildman–Crippen LogP) is 2.23. The lowest BCUT2D eigenvalue weighted by atomic mass is 10.1. The quantitative estimate of drug-likeness (QED) is 0.945. The first-order valence-electron chi connectivity index (χ1n) is 7.65. The second kappa shape index (κ2) is 6.20. The number of hydrogen-bond acceptors (Lipinski definition) is 3. The maximum atomic E-state index is 12.3. The summed E-state index contributed by atoms with van der Waals surface area (Å²) in [6.45, 7) is 4.62. The first-order chi connectivity index (χ1) is 11.0. The van der Waals surface area contributed by atoms with Crippen LogP contribution in [0, 0.1) is 6.92 Å². The van der Waals surface area contributed by atoms with Crippen molar-refractivity contribution >= 4 is 17.5 Å². The van der Waals surface area contributed by atoms with E-state index in [4.69, 9.17) is 0 Å². The van der Waals surface area contributed by atoms with Crippen molar-refractivity contribution in [3.63, 3.8) is 0 Å². The van der Waals surface area contributed by atoms with Gasteiger partial charge in [0.25, 0.3) is 5.91 Å². The van der Waals surface area contributed by atoms with E-state index in [0.717, 1.165) is 28.9 Å². The molecule has 1 aliphatic heterocycles. The summed E-state index contributed by atoms with van der Waals surface area (Å²) in [6, 6.07) is 9.36. The zero-order chi connectivity index (χ0) is 16.4. The molecule has 1 aromatic heterocycles. The predicted molar refractivity (Wildman–Crippen MR) is 88.3 cm³/mol. The molecule has 0 fully saturated rings. The number of rotatable bonds is 3. The Morgan fingerprint density at radius 3 is 2.78 bits per heavy atom. The van der Waals surface area contributed by atoms with Gasteiger partial charge in [-0.1, -0.05) is 6.07 Å². The summed E-state index contributed by atoms with van der Waals surface area (Å²) in [5.41, 5.74) is 4.48. The van der Waals surface area contributed by atoms with Gasteiger partial charge in [0.15, 0.2) is 0 Å². The molecule has 1 aliphatic rings. The summed E-state index contributed by atoms with van der Waals surface area (Å²) >= 11 is 0. The molecule has 0 spiro atoms. The molecule has 0 saturated carbocycles. The minimum atomic E-state index is -0.128. The number of carbonyl (C=O) groups is 2. The molecule has 23 heavy (non-hydrogen) atoms. The number of hydrogen-bond donors (Lipinski definition) is 1. The van der Waals surface area contributed by atoms with E-state index in [1.54, 1.807) is 24.1 Å². The van der Waals surface area contributed by atoms with Crippen molar-refractivity contribution in [2.75, 3.05) is 11.4 Å². The molecule has 0 aliphatic carbocycles. The van der Waals surface area contributed by atoms with Crippen LogP contribution in [0.5, 0.6) is 0 Å². The fourth-order valence-electron chi connectivity index (χ4n) is 2.75. The molecule has 2 aromatic rings. The Kier molecular flexibility index (Phi) is 4.10. The van der Waals surface area contributed by atoms with Crippen molar-refractivity contribution in [1.82, 2.24) is 10.3 Å². The third-order valence-corrected chi connectivity index (χ3v) is 4.02. The summed E-state index contributed by atoms with van der Waals surface area (Å²) in [5.74, 6) is -0.0946. The molecule has 0 radical (unpaired) electrons. The second-order valence-electron chi connectivity index (χ2n) is 5.77. The van der Waals surface area contributed by atoms with Crippen LogP contribution in [0.2, 0.25) is 0 Å². The van der Waals surface area contributed by atoms with Crippen LogP contribution in [-0.2, 0) is 17.8 Å². The molecule has 5 nitrogen and oxygen atoms in total. The number of amides is 2. The third-order valence-electron chi connectivity index (χ3n) is 4.02. The van der Waals surface area contributed by atoms with Crippen LogP contribution < -0.4 is 10.2 Å². The van der Waals surface area contributed by atoms with Gasteiger partial charge in [-0.05, 0) is 48.7 Å². The molecule has 2 heterocycles. The summed E-state index contributed by atoms with van der Waals surface area (Å²) in [5, 5.41) is 2.88. The Hall–Kier alpha value is -2.69. The van der Waals surface area contributed by atoms with Gasteiger partial charge in [-0.2, -0.15) is 0 Å². The highest BCUT2D eigenvalue weighted by Gasteiger charge is 2.23. The van der Waals surface area contributed by atoms with Gasteiger partial charge in [-0.15, -0.1) is 0 Å². The second-order valence-corrected chi connectivity index (χ2v) is 5.77. The Labute approximate surface area is 135 Å². The third kappa shape index (κ3) is 3.23. The van der Waals surface area contributed by atoms with Crippen molar-refractivity contribution < 1.29 is 9.59 Å². The van der Waals surface area contributed by atoms with Gasteiger partial charge in [-0.3, -0.25) is 14.6 Å². The molecule has 118 valence electrons. The fourth-order valence-corrected chi connectivity index (χ4v) is 2.75. The lowest BCUT2D eigenvalue weighted by Crippen LogP contribution is -2.26. The van der Waals surface area contributed by atoms with Crippen LogP contribution in [-0.4, -0.2) is 23.3 Å². The van der Waals surface area contributed by atoms with Crippen LogP contribution >= 0.6 is 0 Å². The molecule has 3 rings (SSSR count). The summed E-state index contributed by atoms with van der Waals surface area (Å²) in [4.78, 5) is 29.8. The smallest absolute Gasteiger partial charge is 0.251 e. The number of nitrogens with one attached hydrogen (secondary N) is 1. The zero-order valence-corrected chi connectivity index (χ0v) is 13.3. The standard InChI is InChI=1S/C18H19N3O2/c1-12-3-5-16(19-10-12)11-20-18(23)15-4-6-17-14(9-15)7-8-21(17)13(2)22/h3-6,9-10H,7-8,11H2,1-2H3,(H,20,23). The molecule has 2 amide bonds. The van der Waals surface area contributed by atoms with E-state index in [-0.39, 0.29) is 11.8 Å². The largest absolute Gasteiger partial charge is 0.346 e. The van der Waals surface area contributed by atoms with Gasteiger partial charge in [0.05, 0.1) is 12.2 Å². The fraction of sp³-hybridized carbons (Fsp3) is 0.278. The number of nitrogens with zero attached hydrogens (tertiary/aromatic N) is 2. The number of anilines is 1. The van der Waals surface area contributed by atoms with Crippen molar-refractivity contribution in [2.45, 2.75) is 26.8 Å². The summed E-state index contributed by atoms with van der Waals surface area (Å²) < 4.78 is 0. The lowest BCUT2D eigenvalue weighted by molar-refractivity contribution is -0.116. The molecule has 1 N–H and O–H groups in total. The number of aryl methyl sites for hydroxylation is 1. The highest BCUT2D eigenvalue weighted by atomic mass is 16.2. The van der Waals surface area contributed by atoms with Crippen LogP contribution in [0.25, 0.3) is 0 Å². The van der Waals surface area contributed by atoms with Gasteiger partial charge >= 0.3 is 0 Å². The number of aromatic nitrogens is 1. The maximum Gasteiger partial charge on any atom is 0.251 e. The number of pyridine rings is 1. The van der Waals surface area contributed by atoms with Crippen LogP contribution in [0.3, 0.4) is 0 Å². The number of carbonyl (C=O) groups excluding carboxylic acids is 2. The zero-order valence-electron chi connectivity index (χ0n) is 13.3. The molecule has 0 atom stereocenters. The lowest BCUT2D eigenvalue weighted by Gasteiger charge is -2.14. The molecule has 0 bridgehead atoms. The molecule has 0 saturated heterocycles. The summed E-state index contributed by atoms with van der Waals surface area (Å²) in [6.07, 6.45) is 2.57. The van der Waals surface area contributed by atoms with E-state index in [9.17, 15) is 9.59 Å². The number of fused-ring (bicyclic) bond motifs is 1. The minimum absolute atomic E-state index is 0.0337. The van der Waals surface area contributed by atoms with E-state index < -0.39 is 0 Å². The van der Waals surface area contributed by atoms with Crippen LogP contribution in [0.15, 0.2) is 36.5 Å². The van der Waals surface area contributed by atoms with E-state index in [1.807, 2.05) is 31.2 Å². The van der Waals surface area contributed by atoms with Gasteiger partial charge in [0.1, 0.15) is 0 Å². The van der Waals surface area contributed by atoms with Gasteiger partial charge in [0, 0.05) is 30.9 Å². The van der Waals surface area contributed by atoms with Gasteiger partial charge < -0.3 is 10.2 Å². The van der Waals surface area contributed by atoms with E-state index in [1.165, 1.54) is 0 Å². The average molecular weight is 309 g/mol. The normalized spacial score (nSPS) is 12.9. The van der Waals surface area contributed by atoms with Crippen molar-refractivity contribution in [3.8, 4) is 0 Å². The van der Waals surface area contributed by atoms with Crippen molar-refractivity contribution in [1.29, 1.82) is 0 Å². The van der Waals surface area contributed by atoms with E-state index in [2.05, 4.69) is 10.3 Å². The Bertz CT molecular complexity index is 753. The van der Waals surface area contributed by atoms with Crippen molar-refractivity contribution in [2.24, 2.45) is 0 Å². The highest BCUT2D eigenvalue weighted by Crippen LogP contribution is 2.28. The first kappa shape index (κ1) is 15.2. The highest BCUT2D eigenvalue weighted by molar-refractivity contribution is 5.97. The Balaban J connectivity index is 1.69.